The second-order valence-corrected chi connectivity index (χ2v) is 6.17. The number of amides is 1. The van der Waals surface area contributed by atoms with Crippen LogP contribution >= 0.6 is 0 Å². The first-order valence-electron chi connectivity index (χ1n) is 8.61. The van der Waals surface area contributed by atoms with E-state index in [1.165, 1.54) is 0 Å². The summed E-state index contributed by atoms with van der Waals surface area (Å²) in [5.74, 6) is 1.67. The van der Waals surface area contributed by atoms with E-state index < -0.39 is 0 Å². The number of aromatic nitrogens is 5. The molecular weight excluding hydrogens is 332 g/mol. The third kappa shape index (κ3) is 3.62. The molecule has 1 amide bonds. The van der Waals surface area contributed by atoms with Crippen molar-refractivity contribution in [2.75, 3.05) is 42.9 Å². The Morgan fingerprint density at radius 3 is 2.85 bits per heavy atom. The van der Waals surface area contributed by atoms with Gasteiger partial charge in [0.05, 0.1) is 11.9 Å². The second kappa shape index (κ2) is 7.44. The number of hydrogen-bond donors (Lipinski definition) is 1. The highest BCUT2D eigenvalue weighted by Crippen LogP contribution is 2.16. The van der Waals surface area contributed by atoms with Crippen molar-refractivity contribution < 1.29 is 4.79 Å². The topological polar surface area (TPSA) is 91.6 Å². The highest BCUT2D eigenvalue weighted by atomic mass is 16.1. The van der Waals surface area contributed by atoms with E-state index in [0.29, 0.717) is 12.2 Å². The van der Waals surface area contributed by atoms with Crippen LogP contribution in [0, 0.1) is 0 Å². The van der Waals surface area contributed by atoms with Crippen molar-refractivity contribution in [1.29, 1.82) is 0 Å². The molecule has 0 spiro atoms. The lowest BCUT2D eigenvalue weighted by Crippen LogP contribution is -2.47. The number of anilines is 2. The molecule has 0 unspecified atom stereocenters. The molecule has 1 aliphatic rings. The van der Waals surface area contributed by atoms with Crippen LogP contribution in [-0.4, -0.2) is 68.1 Å². The Morgan fingerprint density at radius 1 is 1.15 bits per heavy atom. The van der Waals surface area contributed by atoms with Crippen molar-refractivity contribution in [1.82, 2.24) is 29.5 Å². The summed E-state index contributed by atoms with van der Waals surface area (Å²) in [4.78, 5) is 24.9. The fraction of sp³-hybridized carbons (Fsp3) is 0.353. The van der Waals surface area contributed by atoms with Crippen LogP contribution in [0.25, 0.3) is 5.78 Å². The Kier molecular flexibility index (Phi) is 4.69. The molecule has 4 rings (SSSR count). The predicted molar refractivity (Wildman–Crippen MR) is 96.9 cm³/mol. The molecule has 0 radical (unpaired) electrons. The van der Waals surface area contributed by atoms with Gasteiger partial charge in [-0.25, -0.2) is 4.98 Å². The molecule has 1 fully saturated rings. The van der Waals surface area contributed by atoms with Crippen LogP contribution in [0.5, 0.6) is 0 Å². The van der Waals surface area contributed by atoms with Gasteiger partial charge in [-0.05, 0) is 18.2 Å². The minimum Gasteiger partial charge on any atom is -0.355 e. The maximum atomic E-state index is 12.1. The molecule has 1 saturated heterocycles. The monoisotopic (exact) mass is 352 g/mol. The lowest BCUT2D eigenvalue weighted by atomic mass is 10.2. The second-order valence-electron chi connectivity index (χ2n) is 6.17. The van der Waals surface area contributed by atoms with Gasteiger partial charge in [-0.3, -0.25) is 19.1 Å². The summed E-state index contributed by atoms with van der Waals surface area (Å²) in [6.45, 7) is 4.35. The summed E-state index contributed by atoms with van der Waals surface area (Å²) in [5, 5.41) is 10.8. The first kappa shape index (κ1) is 16.4. The summed E-state index contributed by atoms with van der Waals surface area (Å²) in [6, 6.07) is 5.62. The SMILES string of the molecule is O=C(CCN1CCN(c2ccnc3nncn23)CC1)Nc1cccnc1. The van der Waals surface area contributed by atoms with Crippen molar-refractivity contribution >= 4 is 23.2 Å². The number of nitrogens with zero attached hydrogens (tertiary/aromatic N) is 7. The zero-order valence-corrected chi connectivity index (χ0v) is 14.3. The van der Waals surface area contributed by atoms with Gasteiger partial charge in [0.1, 0.15) is 12.1 Å². The fourth-order valence-corrected chi connectivity index (χ4v) is 3.11. The van der Waals surface area contributed by atoms with Crippen LogP contribution in [0.4, 0.5) is 11.5 Å². The molecule has 0 aromatic carbocycles. The Bertz CT molecular complexity index is 873. The zero-order chi connectivity index (χ0) is 17.8. The van der Waals surface area contributed by atoms with E-state index in [1.807, 2.05) is 16.5 Å². The van der Waals surface area contributed by atoms with Gasteiger partial charge in [0, 0.05) is 51.5 Å². The predicted octanol–water partition coefficient (Wildman–Crippen LogP) is 0.670. The number of piperazine rings is 1. The van der Waals surface area contributed by atoms with Gasteiger partial charge in [-0.15, -0.1) is 10.2 Å². The van der Waals surface area contributed by atoms with E-state index in [1.54, 1.807) is 31.0 Å². The Hall–Kier alpha value is -3.07. The minimum atomic E-state index is 0.0146. The highest BCUT2D eigenvalue weighted by molar-refractivity contribution is 5.90. The first-order chi connectivity index (χ1) is 12.8. The molecule has 0 saturated carbocycles. The minimum absolute atomic E-state index is 0.0146. The number of fused-ring (bicyclic) bond motifs is 1. The van der Waals surface area contributed by atoms with Crippen LogP contribution < -0.4 is 10.2 Å². The van der Waals surface area contributed by atoms with Gasteiger partial charge in [0.25, 0.3) is 5.78 Å². The van der Waals surface area contributed by atoms with Crippen LogP contribution in [0.3, 0.4) is 0 Å². The maximum Gasteiger partial charge on any atom is 0.256 e. The number of hydrogen-bond acceptors (Lipinski definition) is 7. The molecule has 26 heavy (non-hydrogen) atoms. The van der Waals surface area contributed by atoms with Crippen molar-refractivity contribution in [2.24, 2.45) is 0 Å². The van der Waals surface area contributed by atoms with E-state index in [-0.39, 0.29) is 5.91 Å². The van der Waals surface area contributed by atoms with E-state index in [2.05, 4.69) is 35.3 Å². The average Bonchev–Trinajstić information content (AvgIpc) is 3.16. The average molecular weight is 352 g/mol. The molecule has 9 heteroatoms. The summed E-state index contributed by atoms with van der Waals surface area (Å²) in [7, 11) is 0. The van der Waals surface area contributed by atoms with E-state index in [4.69, 9.17) is 0 Å². The maximum absolute atomic E-state index is 12.1. The molecule has 0 bridgehead atoms. The number of carbonyl (C=O) groups excluding carboxylic acids is 1. The van der Waals surface area contributed by atoms with E-state index in [0.717, 1.165) is 44.2 Å². The molecule has 3 aromatic heterocycles. The normalized spacial score (nSPS) is 15.3. The van der Waals surface area contributed by atoms with Gasteiger partial charge >= 0.3 is 0 Å². The Labute approximate surface area is 150 Å². The summed E-state index contributed by atoms with van der Waals surface area (Å²) >= 11 is 0. The summed E-state index contributed by atoms with van der Waals surface area (Å²) in [5.41, 5.74) is 0.734. The van der Waals surface area contributed by atoms with Crippen LogP contribution in [0.2, 0.25) is 0 Å². The van der Waals surface area contributed by atoms with E-state index >= 15 is 0 Å². The zero-order valence-electron chi connectivity index (χ0n) is 14.3. The molecule has 3 aromatic rings. The molecular formula is C17H20N8O. The largest absolute Gasteiger partial charge is 0.355 e. The number of pyridine rings is 1. The van der Waals surface area contributed by atoms with Crippen molar-refractivity contribution in [2.45, 2.75) is 6.42 Å². The molecule has 9 nitrogen and oxygen atoms in total. The molecule has 134 valence electrons. The highest BCUT2D eigenvalue weighted by Gasteiger charge is 2.19. The lowest BCUT2D eigenvalue weighted by molar-refractivity contribution is -0.116. The smallest absolute Gasteiger partial charge is 0.256 e. The van der Waals surface area contributed by atoms with Crippen molar-refractivity contribution in [3.8, 4) is 0 Å². The van der Waals surface area contributed by atoms with Gasteiger partial charge < -0.3 is 10.2 Å². The third-order valence-corrected chi connectivity index (χ3v) is 4.49. The molecule has 0 atom stereocenters. The number of rotatable bonds is 5. The quantitative estimate of drug-likeness (QED) is 0.721. The summed E-state index contributed by atoms with van der Waals surface area (Å²) < 4.78 is 1.90. The van der Waals surface area contributed by atoms with E-state index in [9.17, 15) is 4.79 Å². The fourth-order valence-electron chi connectivity index (χ4n) is 3.11. The molecule has 1 aliphatic heterocycles. The first-order valence-corrected chi connectivity index (χ1v) is 8.61. The standard InChI is InChI=1S/C17H20N8O/c26-15(21-14-2-1-5-18-12-14)4-7-23-8-10-24(11-9-23)16-3-6-19-17-22-20-13-25(16)17/h1-3,5-6,12-13H,4,7-11H2,(H,21,26). The van der Waals surface area contributed by atoms with Gasteiger partial charge in [0.2, 0.25) is 5.91 Å². The molecule has 0 aliphatic carbocycles. The van der Waals surface area contributed by atoms with Gasteiger partial charge in [0.15, 0.2) is 0 Å². The number of carbonyl (C=O) groups is 1. The Morgan fingerprint density at radius 2 is 2.04 bits per heavy atom. The van der Waals surface area contributed by atoms with Crippen LogP contribution in [-0.2, 0) is 4.79 Å². The van der Waals surface area contributed by atoms with Crippen molar-refractivity contribution in [3.05, 3.63) is 43.1 Å². The summed E-state index contributed by atoms with van der Waals surface area (Å²) in [6.07, 6.45) is 7.25. The third-order valence-electron chi connectivity index (χ3n) is 4.49. The Balaban J connectivity index is 1.27. The van der Waals surface area contributed by atoms with Gasteiger partial charge in [-0.1, -0.05) is 0 Å². The number of nitrogens with one attached hydrogen (secondary N) is 1. The lowest BCUT2D eigenvalue weighted by Gasteiger charge is -2.35. The molecule has 4 heterocycles. The molecule has 1 N–H and O–H groups in total. The van der Waals surface area contributed by atoms with Gasteiger partial charge in [-0.2, -0.15) is 0 Å². The van der Waals surface area contributed by atoms with Crippen LogP contribution in [0.15, 0.2) is 43.1 Å². The van der Waals surface area contributed by atoms with Crippen LogP contribution in [0.1, 0.15) is 6.42 Å². The van der Waals surface area contributed by atoms with Crippen molar-refractivity contribution in [3.63, 3.8) is 0 Å².